The second kappa shape index (κ2) is 3.89. The quantitative estimate of drug-likeness (QED) is 0.670. The molecule has 0 saturated heterocycles. The summed E-state index contributed by atoms with van der Waals surface area (Å²) >= 11 is 0. The first-order valence-corrected chi connectivity index (χ1v) is 5.97. The van der Waals surface area contributed by atoms with Crippen LogP contribution in [0.3, 0.4) is 0 Å². The molecule has 3 rings (SSSR count). The summed E-state index contributed by atoms with van der Waals surface area (Å²) in [4.78, 5) is 0. The van der Waals surface area contributed by atoms with Crippen LogP contribution in [0.15, 0.2) is 48.5 Å². The molecule has 0 heterocycles. The van der Waals surface area contributed by atoms with E-state index in [0.717, 1.165) is 0 Å². The third-order valence-electron chi connectivity index (χ3n) is 3.21. The maximum atomic E-state index is 2.26. The highest BCUT2D eigenvalue weighted by Crippen LogP contribution is 2.34. The number of allylic oxidation sites excluding steroid dienone is 1. The molecule has 0 spiro atoms. The van der Waals surface area contributed by atoms with Gasteiger partial charge in [-0.1, -0.05) is 59.7 Å². The van der Waals surface area contributed by atoms with Crippen molar-refractivity contribution in [2.75, 3.05) is 0 Å². The van der Waals surface area contributed by atoms with Crippen molar-refractivity contribution in [3.8, 4) is 0 Å². The van der Waals surface area contributed by atoms with Gasteiger partial charge in [0.25, 0.3) is 0 Å². The van der Waals surface area contributed by atoms with Crippen LogP contribution < -0.4 is 0 Å². The molecular weight excluding hydrogens is 204 g/mol. The fraction of sp³-hybridized carbons (Fsp3) is 0.118. The van der Waals surface area contributed by atoms with Crippen molar-refractivity contribution < 1.29 is 0 Å². The summed E-state index contributed by atoms with van der Waals surface area (Å²) in [5, 5.41) is 0. The van der Waals surface area contributed by atoms with Crippen molar-refractivity contribution in [1.29, 1.82) is 0 Å². The maximum Gasteiger partial charge on any atom is 0.0138 e. The summed E-state index contributed by atoms with van der Waals surface area (Å²) in [6.07, 6.45) is 4.42. The van der Waals surface area contributed by atoms with Crippen LogP contribution in [0.5, 0.6) is 0 Å². The Morgan fingerprint density at radius 2 is 1.53 bits per heavy atom. The maximum absolute atomic E-state index is 2.26. The Bertz CT molecular complexity index is 583. The fourth-order valence-electron chi connectivity index (χ4n) is 2.53. The van der Waals surface area contributed by atoms with Gasteiger partial charge in [-0.15, -0.1) is 0 Å². The Balaban J connectivity index is 2.12. The van der Waals surface area contributed by atoms with E-state index in [1.165, 1.54) is 33.4 Å². The molecule has 1 aliphatic rings. The Morgan fingerprint density at radius 1 is 0.824 bits per heavy atom. The van der Waals surface area contributed by atoms with E-state index in [9.17, 15) is 0 Å². The Hall–Kier alpha value is -1.82. The number of aryl methyl sites for hydroxylation is 2. The van der Waals surface area contributed by atoms with E-state index < -0.39 is 0 Å². The molecule has 1 aliphatic carbocycles. The molecule has 0 heteroatoms. The predicted molar refractivity (Wildman–Crippen MR) is 72.8 cm³/mol. The van der Waals surface area contributed by atoms with Gasteiger partial charge in [-0.05, 0) is 36.1 Å². The average Bonchev–Trinajstić information content (AvgIpc) is 2.71. The molecule has 2 aromatic rings. The largest absolute Gasteiger partial charge is 0.0676 e. The lowest BCUT2D eigenvalue weighted by Gasteiger charge is -2.08. The first kappa shape index (κ1) is 10.3. The zero-order valence-electron chi connectivity index (χ0n) is 10.2. The molecule has 0 aromatic heterocycles. The fourth-order valence-corrected chi connectivity index (χ4v) is 2.53. The Labute approximate surface area is 103 Å². The molecule has 2 aromatic carbocycles. The predicted octanol–water partition coefficient (Wildman–Crippen LogP) is 4.30. The number of hydrogen-bond acceptors (Lipinski definition) is 0. The molecule has 0 N–H and O–H groups in total. The van der Waals surface area contributed by atoms with Crippen LogP contribution in [0.4, 0.5) is 0 Å². The van der Waals surface area contributed by atoms with Gasteiger partial charge in [0, 0.05) is 6.42 Å². The third-order valence-corrected chi connectivity index (χ3v) is 3.21. The molecule has 17 heavy (non-hydrogen) atoms. The Kier molecular flexibility index (Phi) is 2.36. The van der Waals surface area contributed by atoms with Crippen LogP contribution in [0.1, 0.15) is 27.8 Å². The van der Waals surface area contributed by atoms with Crippen molar-refractivity contribution in [3.63, 3.8) is 0 Å². The summed E-state index contributed by atoms with van der Waals surface area (Å²) in [6, 6.07) is 15.3. The molecule has 0 atom stereocenters. The minimum atomic E-state index is 1.32. The van der Waals surface area contributed by atoms with Gasteiger partial charge in [0.2, 0.25) is 0 Å². The van der Waals surface area contributed by atoms with Crippen LogP contribution >= 0.6 is 0 Å². The zero-order valence-corrected chi connectivity index (χ0v) is 10.2. The van der Waals surface area contributed by atoms with Crippen molar-refractivity contribution >= 4 is 5.57 Å². The van der Waals surface area contributed by atoms with Crippen molar-refractivity contribution in [2.24, 2.45) is 0 Å². The molecule has 0 unspecified atom stereocenters. The first-order chi connectivity index (χ1) is 8.24. The van der Waals surface area contributed by atoms with E-state index in [1.807, 2.05) is 0 Å². The van der Waals surface area contributed by atoms with Crippen LogP contribution in [-0.2, 0) is 0 Å². The minimum absolute atomic E-state index is 1.32. The van der Waals surface area contributed by atoms with Crippen LogP contribution in [0.25, 0.3) is 5.57 Å². The first-order valence-electron chi connectivity index (χ1n) is 5.97. The van der Waals surface area contributed by atoms with Gasteiger partial charge < -0.3 is 0 Å². The van der Waals surface area contributed by atoms with E-state index in [0.29, 0.717) is 0 Å². The summed E-state index contributed by atoms with van der Waals surface area (Å²) < 4.78 is 0. The summed E-state index contributed by atoms with van der Waals surface area (Å²) in [6.45, 7) is 4.31. The van der Waals surface area contributed by atoms with Gasteiger partial charge in [-0.2, -0.15) is 0 Å². The zero-order chi connectivity index (χ0) is 11.8. The standard InChI is InChI=1S/C17H15/c1-12-9-13(2)11-15(10-12)17-8-7-14-5-3-4-6-16(14)17/h3-11H,1-2H3. The number of fused-ring (bicyclic) bond motifs is 1. The van der Waals surface area contributed by atoms with Gasteiger partial charge in [0.15, 0.2) is 0 Å². The number of benzene rings is 2. The van der Waals surface area contributed by atoms with Gasteiger partial charge >= 0.3 is 0 Å². The lowest BCUT2D eigenvalue weighted by atomic mass is 9.96. The van der Waals surface area contributed by atoms with E-state index >= 15 is 0 Å². The SMILES string of the molecule is Cc1cc(C)cc(C2=C[CH]c3ccccc32)c1. The lowest BCUT2D eigenvalue weighted by molar-refractivity contribution is 1.36. The van der Waals surface area contributed by atoms with Crippen LogP contribution in [0.2, 0.25) is 0 Å². The Morgan fingerprint density at radius 3 is 2.29 bits per heavy atom. The lowest BCUT2D eigenvalue weighted by Crippen LogP contribution is -1.88. The van der Waals surface area contributed by atoms with Crippen LogP contribution in [0, 0.1) is 20.3 Å². The highest BCUT2D eigenvalue weighted by Gasteiger charge is 2.15. The number of hydrogen-bond donors (Lipinski definition) is 0. The highest BCUT2D eigenvalue weighted by atomic mass is 14.2. The van der Waals surface area contributed by atoms with E-state index in [-0.39, 0.29) is 0 Å². The molecule has 0 nitrogen and oxygen atoms in total. The smallest absolute Gasteiger partial charge is 0.0138 e. The summed E-state index contributed by atoms with van der Waals surface area (Å²) in [5.41, 5.74) is 7.98. The van der Waals surface area contributed by atoms with Crippen molar-refractivity contribution in [2.45, 2.75) is 13.8 Å². The highest BCUT2D eigenvalue weighted by molar-refractivity contribution is 5.87. The minimum Gasteiger partial charge on any atom is -0.0676 e. The molecule has 0 saturated carbocycles. The summed E-state index contributed by atoms with van der Waals surface area (Å²) in [7, 11) is 0. The number of rotatable bonds is 1. The molecule has 0 aliphatic heterocycles. The van der Waals surface area contributed by atoms with Crippen molar-refractivity contribution in [1.82, 2.24) is 0 Å². The topological polar surface area (TPSA) is 0 Å². The van der Waals surface area contributed by atoms with Gasteiger partial charge in [-0.3, -0.25) is 0 Å². The molecule has 0 fully saturated rings. The monoisotopic (exact) mass is 219 g/mol. The molecule has 0 bridgehead atoms. The van der Waals surface area contributed by atoms with Crippen LogP contribution in [-0.4, -0.2) is 0 Å². The van der Waals surface area contributed by atoms with Gasteiger partial charge in [0.05, 0.1) is 0 Å². The molecule has 1 radical (unpaired) electrons. The third kappa shape index (κ3) is 1.80. The molecule has 0 amide bonds. The molecular formula is C17H15. The van der Waals surface area contributed by atoms with Gasteiger partial charge in [0.1, 0.15) is 0 Å². The van der Waals surface area contributed by atoms with Crippen molar-refractivity contribution in [3.05, 3.63) is 82.8 Å². The summed E-state index contributed by atoms with van der Waals surface area (Å²) in [5.74, 6) is 0. The van der Waals surface area contributed by atoms with E-state index in [2.05, 4.69) is 68.8 Å². The molecule has 83 valence electrons. The second-order valence-corrected chi connectivity index (χ2v) is 4.71. The van der Waals surface area contributed by atoms with Gasteiger partial charge in [-0.25, -0.2) is 0 Å². The normalized spacial score (nSPS) is 13.4. The van der Waals surface area contributed by atoms with E-state index in [4.69, 9.17) is 0 Å². The second-order valence-electron chi connectivity index (χ2n) is 4.71. The van der Waals surface area contributed by atoms with E-state index in [1.54, 1.807) is 0 Å². The average molecular weight is 219 g/mol.